The van der Waals surface area contributed by atoms with Crippen LogP contribution in [-0.2, 0) is 0 Å². The molecule has 1 aliphatic carbocycles. The Balaban J connectivity index is 1.81. The number of carbonyl (C=O) groups is 1. The van der Waals surface area contributed by atoms with Crippen LogP contribution in [-0.4, -0.2) is 22.1 Å². The van der Waals surface area contributed by atoms with E-state index >= 15 is 0 Å². The second kappa shape index (κ2) is 9.72. The highest BCUT2D eigenvalue weighted by Crippen LogP contribution is 2.27. The zero-order valence-corrected chi connectivity index (χ0v) is 16.5. The summed E-state index contributed by atoms with van der Waals surface area (Å²) in [7, 11) is 0. The number of aryl methyl sites for hydroxylation is 1. The number of benzene rings is 1. The first-order valence-corrected chi connectivity index (χ1v) is 10.5. The van der Waals surface area contributed by atoms with E-state index < -0.39 is 5.97 Å². The molecule has 27 heavy (non-hydrogen) atoms. The maximum atomic E-state index is 11.4. The van der Waals surface area contributed by atoms with Gasteiger partial charge in [0.25, 0.3) is 0 Å². The third kappa shape index (κ3) is 5.69. The molecule has 1 aliphatic rings. The highest BCUT2D eigenvalue weighted by Gasteiger charge is 2.14. The molecular weight excluding hydrogens is 336 g/mol. The molecule has 1 fully saturated rings. The molecule has 2 aromatic rings. The van der Waals surface area contributed by atoms with Gasteiger partial charge in [-0.1, -0.05) is 57.8 Å². The van der Waals surface area contributed by atoms with E-state index in [1.807, 2.05) is 13.0 Å². The average molecular weight is 369 g/mol. The molecule has 1 aromatic heterocycles. The van der Waals surface area contributed by atoms with E-state index in [9.17, 15) is 9.90 Å². The van der Waals surface area contributed by atoms with Crippen molar-refractivity contribution in [3.05, 3.63) is 35.5 Å². The quantitative estimate of drug-likeness (QED) is 0.665. The number of nitrogens with zero attached hydrogens (tertiary/aromatic N) is 1. The van der Waals surface area contributed by atoms with Crippen LogP contribution < -0.4 is 5.32 Å². The Morgan fingerprint density at radius 1 is 0.963 bits per heavy atom. The molecule has 4 nitrogen and oxygen atoms in total. The van der Waals surface area contributed by atoms with Crippen LogP contribution in [0.15, 0.2) is 24.3 Å². The van der Waals surface area contributed by atoms with Crippen LogP contribution in [0.2, 0.25) is 0 Å². The van der Waals surface area contributed by atoms with Gasteiger partial charge in [-0.25, -0.2) is 4.79 Å². The monoisotopic (exact) mass is 368 g/mol. The number of pyridine rings is 1. The van der Waals surface area contributed by atoms with Crippen LogP contribution in [0.25, 0.3) is 10.9 Å². The first kappa shape index (κ1) is 19.7. The molecule has 1 heterocycles. The van der Waals surface area contributed by atoms with Crippen molar-refractivity contribution >= 4 is 22.6 Å². The predicted octanol–water partition coefficient (Wildman–Crippen LogP) is 6.33. The van der Waals surface area contributed by atoms with Crippen molar-refractivity contribution in [3.63, 3.8) is 0 Å². The molecule has 0 bridgehead atoms. The summed E-state index contributed by atoms with van der Waals surface area (Å²) in [6.45, 7) is 2.00. The molecule has 3 rings (SSSR count). The lowest BCUT2D eigenvalue weighted by atomic mass is 9.97. The Kier molecular flexibility index (Phi) is 7.08. The standard InChI is InChI=1S/C23H32N2O2/c1-17-15-22(20-16-18(23(26)27)13-14-21(20)24-17)25-19-11-9-7-5-3-2-4-6-8-10-12-19/h13-16,19H,2-12H2,1H3,(H,24,25)(H,26,27). The molecule has 0 unspecified atom stereocenters. The van der Waals surface area contributed by atoms with E-state index in [4.69, 9.17) is 0 Å². The van der Waals surface area contributed by atoms with Crippen molar-refractivity contribution in [2.24, 2.45) is 0 Å². The Labute approximate surface area is 162 Å². The number of hydrogen-bond donors (Lipinski definition) is 2. The first-order valence-electron chi connectivity index (χ1n) is 10.5. The summed E-state index contributed by atoms with van der Waals surface area (Å²) in [4.78, 5) is 16.0. The van der Waals surface area contributed by atoms with E-state index in [1.165, 1.54) is 70.6 Å². The van der Waals surface area contributed by atoms with Gasteiger partial charge in [0.15, 0.2) is 0 Å². The fourth-order valence-electron chi connectivity index (χ4n) is 4.14. The molecule has 1 saturated carbocycles. The molecule has 146 valence electrons. The van der Waals surface area contributed by atoms with E-state index in [1.54, 1.807) is 12.1 Å². The van der Waals surface area contributed by atoms with Crippen molar-refractivity contribution in [1.82, 2.24) is 4.98 Å². The predicted molar refractivity (Wildman–Crippen MR) is 112 cm³/mol. The fraction of sp³-hybridized carbons (Fsp3) is 0.565. The van der Waals surface area contributed by atoms with Gasteiger partial charge in [-0.15, -0.1) is 0 Å². The number of carboxylic acids is 1. The highest BCUT2D eigenvalue weighted by molar-refractivity contribution is 5.98. The minimum absolute atomic E-state index is 0.315. The minimum Gasteiger partial charge on any atom is -0.478 e. The molecule has 1 aromatic carbocycles. The SMILES string of the molecule is Cc1cc(NC2CCCCCCCCCCC2)c2cc(C(=O)O)ccc2n1. The molecule has 0 amide bonds. The van der Waals surface area contributed by atoms with Crippen molar-refractivity contribution in [1.29, 1.82) is 0 Å². The van der Waals surface area contributed by atoms with Gasteiger partial charge in [-0.05, 0) is 44.0 Å². The maximum absolute atomic E-state index is 11.4. The van der Waals surface area contributed by atoms with Crippen LogP contribution in [0.4, 0.5) is 5.69 Å². The lowest BCUT2D eigenvalue weighted by Gasteiger charge is -2.22. The summed E-state index contributed by atoms with van der Waals surface area (Å²) in [5, 5.41) is 14.0. The number of anilines is 1. The molecule has 4 heteroatoms. The number of fused-ring (bicyclic) bond motifs is 1. The maximum Gasteiger partial charge on any atom is 0.335 e. The summed E-state index contributed by atoms with van der Waals surface area (Å²) in [5.74, 6) is -0.894. The lowest BCUT2D eigenvalue weighted by Crippen LogP contribution is -2.20. The second-order valence-electron chi connectivity index (χ2n) is 7.95. The van der Waals surface area contributed by atoms with Crippen LogP contribution >= 0.6 is 0 Å². The molecule has 0 aliphatic heterocycles. The van der Waals surface area contributed by atoms with Crippen LogP contribution in [0.3, 0.4) is 0 Å². The zero-order chi connectivity index (χ0) is 19.1. The van der Waals surface area contributed by atoms with Gasteiger partial charge in [0.05, 0.1) is 11.1 Å². The summed E-state index contributed by atoms with van der Waals surface area (Å²) < 4.78 is 0. The lowest BCUT2D eigenvalue weighted by molar-refractivity contribution is 0.0697. The topological polar surface area (TPSA) is 62.2 Å². The third-order valence-electron chi connectivity index (χ3n) is 5.65. The summed E-state index contributed by atoms with van der Waals surface area (Å²) in [5.41, 5.74) is 3.16. The van der Waals surface area contributed by atoms with Crippen molar-refractivity contribution in [3.8, 4) is 0 Å². The number of nitrogens with one attached hydrogen (secondary N) is 1. The Hall–Kier alpha value is -2.10. The third-order valence-corrected chi connectivity index (χ3v) is 5.65. The van der Waals surface area contributed by atoms with Gasteiger partial charge in [-0.2, -0.15) is 0 Å². The van der Waals surface area contributed by atoms with Gasteiger partial charge < -0.3 is 10.4 Å². The van der Waals surface area contributed by atoms with E-state index in [-0.39, 0.29) is 0 Å². The van der Waals surface area contributed by atoms with Crippen LogP contribution in [0.5, 0.6) is 0 Å². The van der Waals surface area contributed by atoms with Crippen molar-refractivity contribution in [2.45, 2.75) is 83.6 Å². The number of aromatic carboxylic acids is 1. The number of aromatic nitrogens is 1. The Morgan fingerprint density at radius 2 is 1.56 bits per heavy atom. The van der Waals surface area contributed by atoms with Crippen molar-refractivity contribution in [2.75, 3.05) is 5.32 Å². The smallest absolute Gasteiger partial charge is 0.335 e. The number of carboxylic acid groups (broad SMARTS) is 1. The van der Waals surface area contributed by atoms with Crippen LogP contribution in [0, 0.1) is 6.92 Å². The van der Waals surface area contributed by atoms with Gasteiger partial charge >= 0.3 is 5.97 Å². The summed E-state index contributed by atoms with van der Waals surface area (Å²) in [6.07, 6.45) is 14.4. The molecule has 0 radical (unpaired) electrons. The molecule has 0 atom stereocenters. The average Bonchev–Trinajstić information content (AvgIpc) is 2.63. The normalized spacial score (nSPS) is 17.8. The fourth-order valence-corrected chi connectivity index (χ4v) is 4.14. The van der Waals surface area contributed by atoms with Gasteiger partial charge in [0.2, 0.25) is 0 Å². The zero-order valence-electron chi connectivity index (χ0n) is 16.5. The largest absolute Gasteiger partial charge is 0.478 e. The summed E-state index contributed by atoms with van der Waals surface area (Å²) in [6, 6.07) is 7.71. The number of hydrogen-bond acceptors (Lipinski definition) is 3. The molecular formula is C23H32N2O2. The highest BCUT2D eigenvalue weighted by atomic mass is 16.4. The van der Waals surface area contributed by atoms with Crippen LogP contribution in [0.1, 0.15) is 86.7 Å². The molecule has 0 saturated heterocycles. The Bertz CT molecular complexity index is 760. The van der Waals surface area contributed by atoms with Gasteiger partial charge in [0.1, 0.15) is 0 Å². The molecule has 2 N–H and O–H groups in total. The first-order chi connectivity index (χ1) is 13.1. The van der Waals surface area contributed by atoms with E-state index in [0.717, 1.165) is 22.3 Å². The minimum atomic E-state index is -0.894. The van der Waals surface area contributed by atoms with Gasteiger partial charge in [0, 0.05) is 22.8 Å². The summed E-state index contributed by atoms with van der Waals surface area (Å²) >= 11 is 0. The number of rotatable bonds is 3. The van der Waals surface area contributed by atoms with Crippen molar-refractivity contribution < 1.29 is 9.90 Å². The molecule has 0 spiro atoms. The van der Waals surface area contributed by atoms with Gasteiger partial charge in [-0.3, -0.25) is 4.98 Å². The second-order valence-corrected chi connectivity index (χ2v) is 7.95. The van der Waals surface area contributed by atoms with E-state index in [0.29, 0.717) is 11.6 Å². The van der Waals surface area contributed by atoms with E-state index in [2.05, 4.69) is 16.4 Å². The Morgan fingerprint density at radius 3 is 2.15 bits per heavy atom.